The first-order valence-electron chi connectivity index (χ1n) is 6.54. The first-order chi connectivity index (χ1) is 10.0. The Morgan fingerprint density at radius 1 is 0.955 bits per heavy atom. The van der Waals surface area contributed by atoms with Gasteiger partial charge in [0, 0.05) is 63.6 Å². The largest absolute Gasteiger partial charge is 0.295 e. The molecule has 0 saturated heterocycles. The number of hydrogen-bond donors (Lipinski definition) is 1. The number of fused-ring (bicyclic) bond motifs is 3. The van der Waals surface area contributed by atoms with Gasteiger partial charge in [-0.25, -0.2) is 0 Å². The van der Waals surface area contributed by atoms with Gasteiger partial charge in [-0.1, -0.05) is 54.6 Å². The van der Waals surface area contributed by atoms with Crippen molar-refractivity contribution in [1.82, 2.24) is 0 Å². The van der Waals surface area contributed by atoms with Crippen molar-refractivity contribution >= 4 is 89.9 Å². The summed E-state index contributed by atoms with van der Waals surface area (Å²) in [5, 5.41) is 3.34. The summed E-state index contributed by atoms with van der Waals surface area (Å²) < 4.78 is 33.2. The molecule has 0 amide bonds. The molecule has 0 heterocycles. The maximum Gasteiger partial charge on any atom is 0.295 e. The summed E-state index contributed by atoms with van der Waals surface area (Å²) in [7, 11) is -4.30. The molecule has 3 nitrogen and oxygen atoms in total. The van der Waals surface area contributed by atoms with Crippen molar-refractivity contribution in [3.8, 4) is 0 Å². The van der Waals surface area contributed by atoms with Gasteiger partial charge in [0.25, 0.3) is 10.1 Å². The van der Waals surface area contributed by atoms with Crippen molar-refractivity contribution in [3.63, 3.8) is 0 Å². The number of benzene rings is 3. The fourth-order valence-corrected chi connectivity index (χ4v) is 3.67. The third kappa shape index (κ3) is 3.27. The molecule has 107 valence electrons. The minimum absolute atomic E-state index is 0. The minimum Gasteiger partial charge on any atom is -0.282 e. The molecular formula is C17H14O3RbS. The van der Waals surface area contributed by atoms with E-state index >= 15 is 0 Å². The summed E-state index contributed by atoms with van der Waals surface area (Å²) in [5.74, 6) is 0. The van der Waals surface area contributed by atoms with E-state index in [2.05, 4.69) is 6.58 Å². The molecule has 0 aromatic heterocycles. The zero-order chi connectivity index (χ0) is 15.0. The molecule has 22 heavy (non-hydrogen) atoms. The van der Waals surface area contributed by atoms with Crippen LogP contribution >= 0.6 is 0 Å². The fraction of sp³-hybridized carbons (Fsp3) is 0.0588. The van der Waals surface area contributed by atoms with Crippen molar-refractivity contribution in [1.29, 1.82) is 0 Å². The standard InChI is InChI=1S/C17H14O3S.Rb/c1-2-5-13-9-10-15-14-7-4-3-6-12(14)8-11-16(15)17(13)21(18,19)20;/h2-4,6-11H,1,5H2,(H,18,19,20);. The number of hydrogen-bond acceptors (Lipinski definition) is 2. The fourth-order valence-electron chi connectivity index (χ4n) is 2.73. The van der Waals surface area contributed by atoms with Crippen molar-refractivity contribution in [3.05, 3.63) is 66.7 Å². The SMILES string of the molecule is C=CCc1ccc2c(ccc3ccccc32)c1S(=O)(=O)O.[Rb]. The third-order valence-electron chi connectivity index (χ3n) is 3.58. The van der Waals surface area contributed by atoms with Crippen LogP contribution in [0.3, 0.4) is 0 Å². The number of rotatable bonds is 3. The predicted molar refractivity (Wildman–Crippen MR) is 90.9 cm³/mol. The molecule has 0 bridgehead atoms. The maximum atomic E-state index is 11.8. The van der Waals surface area contributed by atoms with E-state index < -0.39 is 10.1 Å². The van der Waals surface area contributed by atoms with E-state index in [9.17, 15) is 13.0 Å². The van der Waals surface area contributed by atoms with Crippen LogP contribution in [0.2, 0.25) is 0 Å². The molecule has 1 radical (unpaired) electrons. The Kier molecular flexibility index (Phi) is 5.75. The van der Waals surface area contributed by atoms with Gasteiger partial charge in [0.1, 0.15) is 4.90 Å². The van der Waals surface area contributed by atoms with E-state index in [1.165, 1.54) is 0 Å². The van der Waals surface area contributed by atoms with E-state index in [0.717, 1.165) is 16.2 Å². The zero-order valence-electron chi connectivity index (χ0n) is 12.3. The second-order valence-electron chi connectivity index (χ2n) is 4.90. The van der Waals surface area contributed by atoms with Gasteiger partial charge in [0.2, 0.25) is 0 Å². The Morgan fingerprint density at radius 2 is 1.64 bits per heavy atom. The monoisotopic (exact) mass is 383 g/mol. The molecule has 0 fully saturated rings. The Balaban J connectivity index is 0.00000176. The third-order valence-corrected chi connectivity index (χ3v) is 4.58. The van der Waals surface area contributed by atoms with Crippen molar-refractivity contribution in [2.75, 3.05) is 0 Å². The Bertz CT molecular complexity index is 962. The first-order valence-corrected chi connectivity index (χ1v) is 7.98. The summed E-state index contributed by atoms with van der Waals surface area (Å²) in [4.78, 5) is -0.0225. The van der Waals surface area contributed by atoms with Gasteiger partial charge in [0.05, 0.1) is 0 Å². The molecular weight excluding hydrogens is 370 g/mol. The van der Waals surface area contributed by atoms with Crippen LogP contribution in [0.1, 0.15) is 5.56 Å². The molecule has 5 heteroatoms. The van der Waals surface area contributed by atoms with Gasteiger partial charge < -0.3 is 0 Å². The summed E-state index contributed by atoms with van der Waals surface area (Å²) in [6, 6.07) is 15.0. The molecule has 3 rings (SSSR count). The normalized spacial score (nSPS) is 11.3. The summed E-state index contributed by atoms with van der Waals surface area (Å²) in [6.45, 7) is 3.63. The molecule has 0 aliphatic rings. The summed E-state index contributed by atoms with van der Waals surface area (Å²) >= 11 is 0. The van der Waals surface area contributed by atoms with Crippen molar-refractivity contribution in [2.45, 2.75) is 11.3 Å². The topological polar surface area (TPSA) is 54.4 Å². The van der Waals surface area contributed by atoms with Gasteiger partial charge in [-0.2, -0.15) is 8.42 Å². The van der Waals surface area contributed by atoms with Crippen LogP contribution in [-0.4, -0.2) is 71.2 Å². The molecule has 0 unspecified atom stereocenters. The minimum atomic E-state index is -4.30. The smallest absolute Gasteiger partial charge is 0.282 e. The van der Waals surface area contributed by atoms with Gasteiger partial charge in [-0.05, 0) is 28.1 Å². The van der Waals surface area contributed by atoms with Crippen molar-refractivity contribution < 1.29 is 13.0 Å². The van der Waals surface area contributed by atoms with Gasteiger partial charge in [-0.3, -0.25) is 4.55 Å². The summed E-state index contributed by atoms with van der Waals surface area (Å²) in [6.07, 6.45) is 2.01. The average molecular weight is 384 g/mol. The van der Waals surface area contributed by atoms with E-state index in [1.54, 1.807) is 18.2 Å². The maximum absolute atomic E-state index is 11.8. The van der Waals surface area contributed by atoms with Crippen molar-refractivity contribution in [2.24, 2.45) is 0 Å². The quantitative estimate of drug-likeness (QED) is 0.427. The Labute approximate surface area is 178 Å². The van der Waals surface area contributed by atoms with E-state index in [0.29, 0.717) is 17.4 Å². The van der Waals surface area contributed by atoms with Gasteiger partial charge in [-0.15, -0.1) is 6.58 Å². The van der Waals surface area contributed by atoms with Gasteiger partial charge in [0.15, 0.2) is 0 Å². The second kappa shape index (κ2) is 7.03. The first kappa shape index (κ1) is 18.0. The second-order valence-corrected chi connectivity index (χ2v) is 6.26. The zero-order valence-corrected chi connectivity index (χ0v) is 18.0. The van der Waals surface area contributed by atoms with Crippen LogP contribution in [-0.2, 0) is 16.5 Å². The van der Waals surface area contributed by atoms with E-state index in [1.807, 2.05) is 36.4 Å². The Morgan fingerprint density at radius 3 is 2.32 bits per heavy atom. The molecule has 0 spiro atoms. The van der Waals surface area contributed by atoms with Crippen LogP contribution in [0.15, 0.2) is 66.1 Å². The number of allylic oxidation sites excluding steroid dienone is 1. The predicted octanol–water partition coefficient (Wildman–Crippen LogP) is 3.59. The molecule has 1 N–H and O–H groups in total. The van der Waals surface area contributed by atoms with Crippen LogP contribution in [0.5, 0.6) is 0 Å². The molecule has 0 saturated carbocycles. The Hall–Kier alpha value is -0.365. The molecule has 0 aliphatic carbocycles. The molecule has 3 aromatic carbocycles. The van der Waals surface area contributed by atoms with Crippen LogP contribution in [0, 0.1) is 0 Å². The van der Waals surface area contributed by atoms with Gasteiger partial charge >= 0.3 is 0 Å². The van der Waals surface area contributed by atoms with Crippen LogP contribution in [0.4, 0.5) is 0 Å². The van der Waals surface area contributed by atoms with Crippen LogP contribution < -0.4 is 0 Å². The van der Waals surface area contributed by atoms with E-state index in [4.69, 9.17) is 0 Å². The van der Waals surface area contributed by atoms with E-state index in [-0.39, 0.29) is 63.1 Å². The molecule has 0 atom stereocenters. The molecule has 3 aromatic rings. The summed E-state index contributed by atoms with van der Waals surface area (Å²) in [5.41, 5.74) is 0.551. The average Bonchev–Trinajstić information content (AvgIpc) is 2.45. The van der Waals surface area contributed by atoms with Crippen LogP contribution in [0.25, 0.3) is 21.5 Å². The molecule has 0 aliphatic heterocycles.